The molecule has 5 heteroatoms. The van der Waals surface area contributed by atoms with E-state index in [9.17, 15) is 9.50 Å². The second kappa shape index (κ2) is 7.91. The van der Waals surface area contributed by atoms with Crippen LogP contribution < -0.4 is 12.4 Å². The van der Waals surface area contributed by atoms with Crippen molar-refractivity contribution in [2.24, 2.45) is 5.92 Å². The van der Waals surface area contributed by atoms with Gasteiger partial charge in [0.15, 0.2) is 0 Å². The van der Waals surface area contributed by atoms with E-state index in [1.54, 1.807) is 0 Å². The van der Waals surface area contributed by atoms with Crippen molar-refractivity contribution in [3.05, 3.63) is 33.8 Å². The van der Waals surface area contributed by atoms with Crippen molar-refractivity contribution in [2.75, 3.05) is 0 Å². The summed E-state index contributed by atoms with van der Waals surface area (Å²) in [6.45, 7) is 0. The summed E-state index contributed by atoms with van der Waals surface area (Å²) in [5.74, 6) is 0.305. The minimum Gasteiger partial charge on any atom is -1.00 e. The Morgan fingerprint density at radius 3 is 2.48 bits per heavy atom. The summed E-state index contributed by atoms with van der Waals surface area (Å²) in [6, 6.07) is 5.69. The Kier molecular flexibility index (Phi) is 6.64. The van der Waals surface area contributed by atoms with Gasteiger partial charge in [-0.05, 0) is 55.7 Å². The van der Waals surface area contributed by atoms with Crippen molar-refractivity contribution in [3.8, 4) is 0 Å². The zero-order valence-corrected chi connectivity index (χ0v) is 15.3. The van der Waals surface area contributed by atoms with E-state index in [2.05, 4.69) is 0 Å². The lowest BCUT2D eigenvalue weighted by Crippen LogP contribution is -3.00. The minimum atomic E-state index is -0.687. The molecule has 23 heavy (non-hydrogen) atoms. The highest BCUT2D eigenvalue weighted by molar-refractivity contribution is 6.42. The molecule has 2 aliphatic rings. The molecule has 1 N–H and O–H groups in total. The number of alkyl halides is 1. The van der Waals surface area contributed by atoms with E-state index in [0.717, 1.165) is 37.7 Å². The van der Waals surface area contributed by atoms with Crippen molar-refractivity contribution < 1.29 is 21.9 Å². The Balaban J connectivity index is 0.00000192. The molecule has 0 aliphatic heterocycles. The Labute approximate surface area is 154 Å². The lowest BCUT2D eigenvalue weighted by atomic mass is 9.59. The quantitative estimate of drug-likeness (QED) is 0.851. The Morgan fingerprint density at radius 1 is 1.17 bits per heavy atom. The fraction of sp³-hybridized carbons (Fsp3) is 0.667. The maximum Gasteiger partial charge on any atom is 0.100 e. The fourth-order valence-electron chi connectivity index (χ4n) is 4.16. The number of aliphatic hydroxyl groups excluding tert-OH is 1. The van der Waals surface area contributed by atoms with Crippen molar-refractivity contribution in [1.82, 2.24) is 0 Å². The monoisotopic (exact) mass is 379 g/mol. The van der Waals surface area contributed by atoms with Gasteiger partial charge in [0, 0.05) is 5.41 Å². The maximum atomic E-state index is 13.6. The summed E-state index contributed by atoms with van der Waals surface area (Å²) in [5.41, 5.74) is 0.866. The molecule has 130 valence electrons. The first-order valence-corrected chi connectivity index (χ1v) is 9.04. The van der Waals surface area contributed by atoms with Gasteiger partial charge in [0.05, 0.1) is 16.1 Å². The highest BCUT2D eigenvalue weighted by Crippen LogP contribution is 2.49. The normalized spacial score (nSPS) is 27.7. The molecule has 0 aromatic heterocycles. The maximum absolute atomic E-state index is 13.6. The molecule has 1 aromatic carbocycles. The van der Waals surface area contributed by atoms with Crippen molar-refractivity contribution in [2.45, 2.75) is 69.1 Å². The van der Waals surface area contributed by atoms with E-state index >= 15 is 0 Å². The molecule has 3 rings (SSSR count). The number of hydrogen-bond donors (Lipinski definition) is 1. The third kappa shape index (κ3) is 3.98. The van der Waals surface area contributed by atoms with Crippen LogP contribution in [0, 0.1) is 5.92 Å². The Bertz CT molecular complexity index is 533. The van der Waals surface area contributed by atoms with Crippen molar-refractivity contribution in [1.29, 1.82) is 0 Å². The van der Waals surface area contributed by atoms with Crippen molar-refractivity contribution >= 4 is 23.2 Å². The minimum absolute atomic E-state index is 0. The van der Waals surface area contributed by atoms with E-state index in [1.807, 2.05) is 18.2 Å². The smallest absolute Gasteiger partial charge is 0.100 e. The number of aliphatic hydroxyl groups is 1. The van der Waals surface area contributed by atoms with Gasteiger partial charge in [0.1, 0.15) is 6.17 Å². The standard InChI is InChI=1S/C18H23Cl2FO.ClH/c19-15-6-5-13(11-16(15)20)18(7-2-8-18)17(22)10-12-3-1-4-14(21)9-12;/h5-6,11-12,14,17,22H,1-4,7-10H2;1H/p-1. The van der Waals surface area contributed by atoms with Crippen LogP contribution in [-0.4, -0.2) is 17.4 Å². The van der Waals surface area contributed by atoms with Crippen LogP contribution in [0.25, 0.3) is 0 Å². The molecular formula is C18H23Cl3FO-. The molecule has 3 atom stereocenters. The van der Waals surface area contributed by atoms with Crippen LogP contribution in [0.1, 0.15) is 56.9 Å². The van der Waals surface area contributed by atoms with Crippen LogP contribution in [0.2, 0.25) is 10.0 Å². The number of benzene rings is 1. The molecule has 2 saturated carbocycles. The molecule has 0 bridgehead atoms. The molecule has 1 nitrogen and oxygen atoms in total. The van der Waals surface area contributed by atoms with Crippen molar-refractivity contribution in [3.63, 3.8) is 0 Å². The van der Waals surface area contributed by atoms with E-state index in [0.29, 0.717) is 35.2 Å². The zero-order valence-electron chi connectivity index (χ0n) is 13.1. The molecule has 0 amide bonds. The van der Waals surface area contributed by atoms with E-state index in [-0.39, 0.29) is 17.8 Å². The van der Waals surface area contributed by atoms with Gasteiger partial charge in [0.2, 0.25) is 0 Å². The van der Waals surface area contributed by atoms with E-state index in [4.69, 9.17) is 23.2 Å². The summed E-state index contributed by atoms with van der Waals surface area (Å²) in [5, 5.41) is 12.0. The van der Waals surface area contributed by atoms with E-state index in [1.165, 1.54) is 0 Å². The first kappa shape index (κ1) is 19.3. The molecule has 0 heterocycles. The summed E-state index contributed by atoms with van der Waals surface area (Å²) >= 11 is 12.2. The lowest BCUT2D eigenvalue weighted by molar-refractivity contribution is -0.0000634. The van der Waals surface area contributed by atoms with Gasteiger partial charge >= 0.3 is 0 Å². The first-order valence-electron chi connectivity index (χ1n) is 8.29. The number of halogens is 4. The topological polar surface area (TPSA) is 20.2 Å². The molecule has 2 fully saturated rings. The van der Waals surface area contributed by atoms with Gasteiger partial charge in [-0.25, -0.2) is 4.39 Å². The predicted molar refractivity (Wildman–Crippen MR) is 89.5 cm³/mol. The Morgan fingerprint density at radius 2 is 1.91 bits per heavy atom. The van der Waals surface area contributed by atoms with Crippen LogP contribution in [0.15, 0.2) is 18.2 Å². The third-order valence-electron chi connectivity index (χ3n) is 5.65. The molecule has 1 aromatic rings. The van der Waals surface area contributed by atoms with Gasteiger partial charge in [0.25, 0.3) is 0 Å². The highest BCUT2D eigenvalue weighted by Gasteiger charge is 2.45. The summed E-state index contributed by atoms with van der Waals surface area (Å²) in [7, 11) is 0. The number of rotatable bonds is 4. The van der Waals surface area contributed by atoms with Gasteiger partial charge in [-0.3, -0.25) is 0 Å². The first-order chi connectivity index (χ1) is 10.5. The summed E-state index contributed by atoms with van der Waals surface area (Å²) < 4.78 is 13.6. The molecule has 0 spiro atoms. The SMILES string of the molecule is OC(CC1CCCC(F)C1)C1(c2ccc(Cl)c(Cl)c2)CCC1.[Cl-]. The largest absolute Gasteiger partial charge is 1.00 e. The lowest BCUT2D eigenvalue weighted by Gasteiger charge is -2.47. The molecular weight excluding hydrogens is 358 g/mol. The molecule has 3 unspecified atom stereocenters. The third-order valence-corrected chi connectivity index (χ3v) is 6.39. The summed E-state index contributed by atoms with van der Waals surface area (Å²) in [4.78, 5) is 0. The Hall–Kier alpha value is -0.0200. The van der Waals surface area contributed by atoms with Gasteiger partial charge in [-0.15, -0.1) is 0 Å². The van der Waals surface area contributed by atoms with Gasteiger partial charge in [-0.2, -0.15) is 0 Å². The fourth-order valence-corrected chi connectivity index (χ4v) is 4.46. The second-order valence-corrected chi connectivity index (χ2v) is 7.83. The second-order valence-electron chi connectivity index (χ2n) is 7.02. The average molecular weight is 381 g/mol. The van der Waals surface area contributed by atoms with Gasteiger partial charge < -0.3 is 17.5 Å². The van der Waals surface area contributed by atoms with Crippen LogP contribution in [-0.2, 0) is 5.41 Å². The zero-order chi connectivity index (χ0) is 15.7. The number of hydrogen-bond acceptors (Lipinski definition) is 1. The molecule has 0 radical (unpaired) electrons. The van der Waals surface area contributed by atoms with Crippen LogP contribution in [0.4, 0.5) is 4.39 Å². The molecule has 2 aliphatic carbocycles. The van der Waals surface area contributed by atoms with Crippen LogP contribution in [0.5, 0.6) is 0 Å². The highest BCUT2D eigenvalue weighted by atomic mass is 35.5. The predicted octanol–water partition coefficient (Wildman–Crippen LogP) is 2.70. The van der Waals surface area contributed by atoms with Crippen LogP contribution in [0.3, 0.4) is 0 Å². The van der Waals surface area contributed by atoms with E-state index < -0.39 is 12.3 Å². The summed E-state index contributed by atoms with van der Waals surface area (Å²) in [6.07, 6.45) is 5.92. The van der Waals surface area contributed by atoms with Crippen LogP contribution >= 0.6 is 23.2 Å². The molecule has 0 saturated heterocycles. The average Bonchev–Trinajstić information content (AvgIpc) is 2.41. The van der Waals surface area contributed by atoms with Gasteiger partial charge in [-0.1, -0.05) is 48.5 Å².